The fourth-order valence-corrected chi connectivity index (χ4v) is 3.32. The summed E-state index contributed by atoms with van der Waals surface area (Å²) in [5.74, 6) is 0.895. The molecule has 2 aromatic carbocycles. The molecule has 0 radical (unpaired) electrons. The van der Waals surface area contributed by atoms with Gasteiger partial charge in [0, 0.05) is 11.6 Å². The molecule has 126 valence electrons. The molecular weight excluding hydrogens is 314 g/mol. The molecule has 0 aliphatic carbocycles. The van der Waals surface area contributed by atoms with Crippen LogP contribution in [0.15, 0.2) is 54.6 Å². The van der Waals surface area contributed by atoms with Crippen molar-refractivity contribution in [3.8, 4) is 11.1 Å². The van der Waals surface area contributed by atoms with Crippen LogP contribution in [0.25, 0.3) is 16.7 Å². The molecule has 0 spiro atoms. The summed E-state index contributed by atoms with van der Waals surface area (Å²) in [6.45, 7) is 8.11. The van der Waals surface area contributed by atoms with E-state index in [1.165, 1.54) is 48.2 Å². The quantitative estimate of drug-likeness (QED) is 0.646. The summed E-state index contributed by atoms with van der Waals surface area (Å²) < 4.78 is 0. The third-order valence-electron chi connectivity index (χ3n) is 5.05. The number of allylic oxidation sites excluding steroid dienone is 1. The first-order valence-electron chi connectivity index (χ1n) is 8.87. The van der Waals surface area contributed by atoms with Gasteiger partial charge >= 0.3 is 0 Å². The second-order valence-corrected chi connectivity index (χ2v) is 7.39. The second-order valence-electron chi connectivity index (χ2n) is 6.95. The first-order chi connectivity index (χ1) is 11.6. The molecule has 0 saturated carbocycles. The summed E-state index contributed by atoms with van der Waals surface area (Å²) in [7, 11) is 0. The first-order valence-corrected chi connectivity index (χ1v) is 9.25. The van der Waals surface area contributed by atoms with Gasteiger partial charge in [0.1, 0.15) is 0 Å². The molecule has 1 aliphatic heterocycles. The third-order valence-corrected chi connectivity index (χ3v) is 5.30. The third kappa shape index (κ3) is 4.49. The molecule has 2 heteroatoms. The molecule has 0 N–H and O–H groups in total. The predicted molar refractivity (Wildman–Crippen MR) is 105 cm³/mol. The highest BCUT2D eigenvalue weighted by Crippen LogP contribution is 2.24. The Morgan fingerprint density at radius 2 is 1.54 bits per heavy atom. The minimum Gasteiger partial charge on any atom is -0.300 e. The van der Waals surface area contributed by atoms with Crippen molar-refractivity contribution in [1.29, 1.82) is 0 Å². The minimum atomic E-state index is 0.779. The van der Waals surface area contributed by atoms with E-state index in [9.17, 15) is 0 Å². The normalized spacial score (nSPS) is 17.2. The molecule has 2 aromatic rings. The maximum absolute atomic E-state index is 5.96. The van der Waals surface area contributed by atoms with E-state index in [0.717, 1.165) is 17.5 Å². The number of piperidine rings is 1. The van der Waals surface area contributed by atoms with Crippen LogP contribution in [0.2, 0.25) is 5.02 Å². The molecule has 0 unspecified atom stereocenters. The van der Waals surface area contributed by atoms with Crippen LogP contribution in [0, 0.1) is 5.92 Å². The Hall–Kier alpha value is -1.57. The Labute approximate surface area is 151 Å². The molecule has 0 amide bonds. The lowest BCUT2D eigenvalue weighted by atomic mass is 9.98. The van der Waals surface area contributed by atoms with Gasteiger partial charge in [0.15, 0.2) is 0 Å². The van der Waals surface area contributed by atoms with Crippen LogP contribution >= 0.6 is 11.6 Å². The van der Waals surface area contributed by atoms with Crippen molar-refractivity contribution in [1.82, 2.24) is 4.90 Å². The zero-order chi connectivity index (χ0) is 16.9. The number of hydrogen-bond acceptors (Lipinski definition) is 1. The van der Waals surface area contributed by atoms with E-state index in [1.807, 2.05) is 12.1 Å². The van der Waals surface area contributed by atoms with Gasteiger partial charge in [-0.1, -0.05) is 61.0 Å². The SMILES string of the molecule is CC(=CCN1CCC(C)CC1)c1ccc(-c2ccc(Cl)cc2)cc1. The lowest BCUT2D eigenvalue weighted by Crippen LogP contribution is -2.32. The monoisotopic (exact) mass is 339 g/mol. The van der Waals surface area contributed by atoms with Gasteiger partial charge in [0.05, 0.1) is 0 Å². The zero-order valence-electron chi connectivity index (χ0n) is 14.6. The van der Waals surface area contributed by atoms with Crippen molar-refractivity contribution in [2.45, 2.75) is 26.7 Å². The van der Waals surface area contributed by atoms with E-state index in [4.69, 9.17) is 11.6 Å². The smallest absolute Gasteiger partial charge is 0.0406 e. The van der Waals surface area contributed by atoms with Gasteiger partial charge in [-0.15, -0.1) is 0 Å². The number of likely N-dealkylation sites (tertiary alicyclic amines) is 1. The van der Waals surface area contributed by atoms with Crippen molar-refractivity contribution in [2.75, 3.05) is 19.6 Å². The molecule has 1 nitrogen and oxygen atoms in total. The highest BCUT2D eigenvalue weighted by atomic mass is 35.5. The molecule has 0 bridgehead atoms. The van der Waals surface area contributed by atoms with Gasteiger partial charge in [0.2, 0.25) is 0 Å². The van der Waals surface area contributed by atoms with Crippen molar-refractivity contribution in [3.63, 3.8) is 0 Å². The highest BCUT2D eigenvalue weighted by molar-refractivity contribution is 6.30. The number of nitrogens with zero attached hydrogens (tertiary/aromatic N) is 1. The maximum atomic E-state index is 5.96. The topological polar surface area (TPSA) is 3.24 Å². The summed E-state index contributed by atoms with van der Waals surface area (Å²) in [4.78, 5) is 2.56. The van der Waals surface area contributed by atoms with Gasteiger partial charge in [-0.3, -0.25) is 4.90 Å². The Morgan fingerprint density at radius 1 is 1.00 bits per heavy atom. The largest absolute Gasteiger partial charge is 0.300 e. The highest BCUT2D eigenvalue weighted by Gasteiger charge is 2.14. The fraction of sp³-hybridized carbons (Fsp3) is 0.364. The number of hydrogen-bond donors (Lipinski definition) is 0. The van der Waals surface area contributed by atoms with Gasteiger partial charge in [-0.05, 0) is 73.2 Å². The molecule has 24 heavy (non-hydrogen) atoms. The summed E-state index contributed by atoms with van der Waals surface area (Å²) in [5.41, 5.74) is 5.10. The van der Waals surface area contributed by atoms with E-state index < -0.39 is 0 Å². The molecule has 1 aliphatic rings. The van der Waals surface area contributed by atoms with Gasteiger partial charge in [0.25, 0.3) is 0 Å². The van der Waals surface area contributed by atoms with E-state index in [2.05, 4.69) is 61.2 Å². The molecular formula is C22H26ClN. The van der Waals surface area contributed by atoms with Crippen LogP contribution < -0.4 is 0 Å². The summed E-state index contributed by atoms with van der Waals surface area (Å²) in [6.07, 6.45) is 5.04. The number of benzene rings is 2. The lowest BCUT2D eigenvalue weighted by Gasteiger charge is -2.29. The zero-order valence-corrected chi connectivity index (χ0v) is 15.4. The van der Waals surface area contributed by atoms with Crippen LogP contribution in [0.3, 0.4) is 0 Å². The van der Waals surface area contributed by atoms with Gasteiger partial charge < -0.3 is 0 Å². The average Bonchev–Trinajstić information content (AvgIpc) is 2.62. The van der Waals surface area contributed by atoms with Crippen molar-refractivity contribution in [3.05, 3.63) is 65.2 Å². The number of halogens is 1. The van der Waals surface area contributed by atoms with Crippen LogP contribution in [0.5, 0.6) is 0 Å². The van der Waals surface area contributed by atoms with Crippen molar-refractivity contribution >= 4 is 17.2 Å². The first kappa shape index (κ1) is 17.3. The molecule has 0 atom stereocenters. The lowest BCUT2D eigenvalue weighted by molar-refractivity contribution is 0.210. The van der Waals surface area contributed by atoms with E-state index >= 15 is 0 Å². The van der Waals surface area contributed by atoms with E-state index in [-0.39, 0.29) is 0 Å². The molecule has 1 saturated heterocycles. The fourth-order valence-electron chi connectivity index (χ4n) is 3.20. The molecule has 1 heterocycles. The van der Waals surface area contributed by atoms with Gasteiger partial charge in [-0.25, -0.2) is 0 Å². The van der Waals surface area contributed by atoms with Crippen LogP contribution in [0.1, 0.15) is 32.3 Å². The van der Waals surface area contributed by atoms with Crippen LogP contribution in [-0.4, -0.2) is 24.5 Å². The predicted octanol–water partition coefficient (Wildman–Crippen LogP) is 6.14. The number of rotatable bonds is 4. The summed E-state index contributed by atoms with van der Waals surface area (Å²) in [5, 5.41) is 0.779. The average molecular weight is 340 g/mol. The van der Waals surface area contributed by atoms with Crippen LogP contribution in [0.4, 0.5) is 0 Å². The second kappa shape index (κ2) is 8.00. The standard InChI is InChI=1S/C22H26ClN/c1-17-11-14-24(15-12-17)16-13-18(2)19-3-5-20(6-4-19)21-7-9-22(23)10-8-21/h3-10,13,17H,11-12,14-16H2,1-2H3. The van der Waals surface area contributed by atoms with E-state index in [1.54, 1.807) is 0 Å². The Morgan fingerprint density at radius 3 is 2.12 bits per heavy atom. The van der Waals surface area contributed by atoms with Gasteiger partial charge in [-0.2, -0.15) is 0 Å². The summed E-state index contributed by atoms with van der Waals surface area (Å²) >= 11 is 5.96. The molecule has 0 aromatic heterocycles. The van der Waals surface area contributed by atoms with Crippen LogP contribution in [-0.2, 0) is 0 Å². The Kier molecular flexibility index (Phi) is 5.76. The van der Waals surface area contributed by atoms with Crippen molar-refractivity contribution in [2.24, 2.45) is 5.92 Å². The summed E-state index contributed by atoms with van der Waals surface area (Å²) in [6, 6.07) is 16.8. The molecule has 3 rings (SSSR count). The maximum Gasteiger partial charge on any atom is 0.0406 e. The minimum absolute atomic E-state index is 0.779. The van der Waals surface area contributed by atoms with E-state index in [0.29, 0.717) is 0 Å². The molecule has 1 fully saturated rings. The Bertz CT molecular complexity index is 677. The Balaban J connectivity index is 1.64. The van der Waals surface area contributed by atoms with Crippen molar-refractivity contribution < 1.29 is 0 Å².